The summed E-state index contributed by atoms with van der Waals surface area (Å²) in [5.41, 5.74) is 5.74. The van der Waals surface area contributed by atoms with Crippen LogP contribution in [0.3, 0.4) is 0 Å². The SMILES string of the molecule is CC(C)=CCC/C(C)=C/CC/C(C)=C/CSc1ccccc1C1=[N+](C)CCN1. The fourth-order valence-corrected chi connectivity index (χ4v) is 4.33. The first-order valence-corrected chi connectivity index (χ1v) is 11.4. The highest BCUT2D eigenvalue weighted by molar-refractivity contribution is 7.99. The lowest BCUT2D eigenvalue weighted by Crippen LogP contribution is -2.23. The maximum absolute atomic E-state index is 3.53. The second-order valence-corrected chi connectivity index (χ2v) is 9.03. The zero-order valence-corrected chi connectivity index (χ0v) is 19.2. The number of thioether (sulfide) groups is 1. The Morgan fingerprint density at radius 2 is 1.68 bits per heavy atom. The highest BCUT2D eigenvalue weighted by atomic mass is 32.2. The normalized spacial score (nSPS) is 15.0. The minimum atomic E-state index is 1.03. The minimum Gasteiger partial charge on any atom is -0.270 e. The third-order valence-electron chi connectivity index (χ3n) is 5.06. The Morgan fingerprint density at radius 3 is 2.36 bits per heavy atom. The molecule has 3 heteroatoms. The number of rotatable bonds is 10. The van der Waals surface area contributed by atoms with E-state index in [1.54, 1.807) is 0 Å². The van der Waals surface area contributed by atoms with Crippen molar-refractivity contribution < 1.29 is 4.58 Å². The van der Waals surface area contributed by atoms with E-state index in [2.05, 4.69) is 87.1 Å². The molecule has 1 aliphatic heterocycles. The molecule has 1 aromatic rings. The third-order valence-corrected chi connectivity index (χ3v) is 6.06. The van der Waals surface area contributed by atoms with Crippen molar-refractivity contribution in [1.82, 2.24) is 5.32 Å². The van der Waals surface area contributed by atoms with Crippen LogP contribution < -0.4 is 5.32 Å². The molecule has 0 unspecified atom stereocenters. The van der Waals surface area contributed by atoms with Gasteiger partial charge >= 0.3 is 0 Å². The quantitative estimate of drug-likeness (QED) is 0.288. The Bertz CT molecular complexity index is 765. The van der Waals surface area contributed by atoms with Crippen molar-refractivity contribution >= 4 is 17.6 Å². The van der Waals surface area contributed by atoms with Gasteiger partial charge in [0.25, 0.3) is 5.84 Å². The molecule has 0 amide bonds. The summed E-state index contributed by atoms with van der Waals surface area (Å²) in [4.78, 5) is 1.36. The van der Waals surface area contributed by atoms with E-state index in [-0.39, 0.29) is 0 Å². The van der Waals surface area contributed by atoms with Crippen LogP contribution in [-0.2, 0) is 0 Å². The lowest BCUT2D eigenvalue weighted by molar-refractivity contribution is -0.486. The average Bonchev–Trinajstić information content (AvgIpc) is 3.07. The molecule has 152 valence electrons. The highest BCUT2D eigenvalue weighted by Crippen LogP contribution is 2.24. The minimum absolute atomic E-state index is 1.03. The maximum Gasteiger partial charge on any atom is 0.278 e. The van der Waals surface area contributed by atoms with Crippen molar-refractivity contribution in [2.45, 2.75) is 58.3 Å². The van der Waals surface area contributed by atoms with Crippen molar-refractivity contribution in [3.63, 3.8) is 0 Å². The largest absolute Gasteiger partial charge is 0.278 e. The number of amidine groups is 1. The summed E-state index contributed by atoms with van der Waals surface area (Å²) in [5.74, 6) is 2.29. The molecule has 0 saturated heterocycles. The highest BCUT2D eigenvalue weighted by Gasteiger charge is 2.22. The predicted octanol–water partition coefficient (Wildman–Crippen LogP) is 6.19. The molecule has 2 nitrogen and oxygen atoms in total. The molecule has 1 N–H and O–H groups in total. The summed E-state index contributed by atoms with van der Waals surface area (Å²) in [5, 5.41) is 3.53. The number of nitrogens with one attached hydrogen (secondary N) is 1. The van der Waals surface area contributed by atoms with E-state index in [1.165, 1.54) is 45.9 Å². The topological polar surface area (TPSA) is 15.0 Å². The number of benzene rings is 1. The first-order chi connectivity index (χ1) is 13.5. The number of likely N-dealkylation sites (N-methyl/N-ethyl adjacent to an activating group) is 1. The molecular formula is C25H37N2S+. The molecule has 1 aliphatic rings. The van der Waals surface area contributed by atoms with E-state index in [4.69, 9.17) is 0 Å². The van der Waals surface area contributed by atoms with Crippen LogP contribution in [0.15, 0.2) is 64.1 Å². The van der Waals surface area contributed by atoms with Gasteiger partial charge in [-0.25, -0.2) is 0 Å². The third kappa shape index (κ3) is 7.71. The van der Waals surface area contributed by atoms with Crippen molar-refractivity contribution in [1.29, 1.82) is 0 Å². The molecule has 0 aromatic heterocycles. The van der Waals surface area contributed by atoms with Gasteiger partial charge in [0.1, 0.15) is 13.1 Å². The summed E-state index contributed by atoms with van der Waals surface area (Å²) in [6, 6.07) is 8.74. The molecule has 0 bridgehead atoms. The standard InChI is InChI=1S/C25H36N2S/c1-20(2)10-8-11-21(3)12-9-13-22(4)16-19-28-24-15-7-6-14-23(24)25-26-17-18-27(25)5/h6-7,10,12,14-16H,8-9,11,13,17-19H2,1-5H3/p+1/b21-12+,22-16+. The van der Waals surface area contributed by atoms with Crippen LogP contribution >= 0.6 is 11.8 Å². The molecule has 1 aromatic carbocycles. The number of nitrogens with zero attached hydrogens (tertiary/aromatic N) is 1. The monoisotopic (exact) mass is 397 g/mol. The van der Waals surface area contributed by atoms with Gasteiger partial charge in [-0.2, -0.15) is 0 Å². The van der Waals surface area contributed by atoms with E-state index in [0.29, 0.717) is 0 Å². The van der Waals surface area contributed by atoms with Crippen LogP contribution in [0.25, 0.3) is 0 Å². The second-order valence-electron chi connectivity index (χ2n) is 7.96. The van der Waals surface area contributed by atoms with Crippen molar-refractivity contribution in [3.05, 3.63) is 64.8 Å². The zero-order valence-electron chi connectivity index (χ0n) is 18.3. The van der Waals surface area contributed by atoms with Gasteiger partial charge in [-0.1, -0.05) is 47.1 Å². The van der Waals surface area contributed by atoms with Gasteiger partial charge in [0.05, 0.1) is 12.6 Å². The Morgan fingerprint density at radius 1 is 1.00 bits per heavy atom. The zero-order chi connectivity index (χ0) is 20.4. The molecule has 1 heterocycles. The summed E-state index contributed by atoms with van der Waals surface area (Å²) in [6.45, 7) is 11.0. The van der Waals surface area contributed by atoms with Crippen LogP contribution in [-0.4, -0.2) is 36.3 Å². The number of hydrogen-bond donors (Lipinski definition) is 1. The first-order valence-electron chi connectivity index (χ1n) is 10.5. The van der Waals surface area contributed by atoms with Crippen LogP contribution in [0.1, 0.15) is 58.9 Å². The summed E-state index contributed by atoms with van der Waals surface area (Å²) < 4.78 is 2.31. The first kappa shape index (κ1) is 22.5. The second kappa shape index (κ2) is 12.0. The van der Waals surface area contributed by atoms with E-state index in [9.17, 15) is 0 Å². The van der Waals surface area contributed by atoms with Gasteiger partial charge in [-0.05, 0) is 65.5 Å². The maximum atomic E-state index is 3.53. The van der Waals surface area contributed by atoms with Crippen LogP contribution in [0.5, 0.6) is 0 Å². The molecule has 0 radical (unpaired) electrons. The van der Waals surface area contributed by atoms with Gasteiger partial charge in [0.2, 0.25) is 0 Å². The molecular weight excluding hydrogens is 360 g/mol. The van der Waals surface area contributed by atoms with Crippen LogP contribution in [0.4, 0.5) is 0 Å². The van der Waals surface area contributed by atoms with Crippen molar-refractivity contribution in [2.75, 3.05) is 25.9 Å². The van der Waals surface area contributed by atoms with E-state index in [0.717, 1.165) is 31.7 Å². The van der Waals surface area contributed by atoms with Gasteiger partial charge in [-0.15, -0.1) is 11.8 Å². The smallest absolute Gasteiger partial charge is 0.270 e. The lowest BCUT2D eigenvalue weighted by Gasteiger charge is -2.07. The molecule has 2 rings (SSSR count). The van der Waals surface area contributed by atoms with E-state index in [1.807, 2.05) is 11.8 Å². The average molecular weight is 398 g/mol. The molecule has 0 saturated carbocycles. The number of allylic oxidation sites excluding steroid dienone is 5. The fourth-order valence-electron chi connectivity index (χ4n) is 3.29. The molecule has 0 fully saturated rings. The van der Waals surface area contributed by atoms with E-state index >= 15 is 0 Å². The molecule has 0 atom stereocenters. The Hall–Kier alpha value is -1.74. The van der Waals surface area contributed by atoms with Gasteiger partial charge < -0.3 is 0 Å². The van der Waals surface area contributed by atoms with Gasteiger partial charge in [0, 0.05) is 10.6 Å². The van der Waals surface area contributed by atoms with Crippen LogP contribution in [0, 0.1) is 0 Å². The number of hydrogen-bond acceptors (Lipinski definition) is 2. The summed E-state index contributed by atoms with van der Waals surface area (Å²) in [7, 11) is 2.16. The Balaban J connectivity index is 1.82. The summed E-state index contributed by atoms with van der Waals surface area (Å²) in [6.07, 6.45) is 11.8. The van der Waals surface area contributed by atoms with Crippen molar-refractivity contribution in [3.8, 4) is 0 Å². The molecule has 28 heavy (non-hydrogen) atoms. The lowest BCUT2D eigenvalue weighted by atomic mass is 10.1. The van der Waals surface area contributed by atoms with Gasteiger partial charge in [0.15, 0.2) is 0 Å². The van der Waals surface area contributed by atoms with E-state index < -0.39 is 0 Å². The molecule has 0 aliphatic carbocycles. The van der Waals surface area contributed by atoms with Gasteiger partial charge in [-0.3, -0.25) is 9.89 Å². The Labute approximate surface area is 176 Å². The fraction of sp³-hybridized carbons (Fsp3) is 0.480. The van der Waals surface area contributed by atoms with Crippen molar-refractivity contribution in [2.24, 2.45) is 0 Å². The Kier molecular flexibility index (Phi) is 9.63. The predicted molar refractivity (Wildman–Crippen MR) is 126 cm³/mol. The molecule has 0 spiro atoms. The van der Waals surface area contributed by atoms with Crippen LogP contribution in [0.2, 0.25) is 0 Å². The summed E-state index contributed by atoms with van der Waals surface area (Å²) >= 11 is 1.93.